The predicted molar refractivity (Wildman–Crippen MR) is 162 cm³/mol. The number of anilines is 1. The van der Waals surface area contributed by atoms with Crippen molar-refractivity contribution in [2.24, 2.45) is 0 Å². The SMILES string of the molecule is Cc1ccc(N(CC(=O)N(Cc2c(Cl)cccc2Cl)C(C)C(=O)NC(C)(C)C)S(=O)(=O)c2ccc(Cl)cc2)cc1. The lowest BCUT2D eigenvalue weighted by Crippen LogP contribution is -2.54. The van der Waals surface area contributed by atoms with Crippen molar-refractivity contribution in [2.75, 3.05) is 10.8 Å². The van der Waals surface area contributed by atoms with Crippen LogP contribution in [-0.2, 0) is 26.2 Å². The minimum absolute atomic E-state index is 0.0375. The fourth-order valence-corrected chi connectivity index (χ4v) is 5.94. The summed E-state index contributed by atoms with van der Waals surface area (Å²) in [5, 5.41) is 3.89. The molecule has 0 radical (unpaired) electrons. The zero-order chi connectivity index (χ0) is 29.8. The highest BCUT2D eigenvalue weighted by Crippen LogP contribution is 2.29. The molecule has 0 fully saturated rings. The van der Waals surface area contributed by atoms with E-state index in [-0.39, 0.29) is 17.1 Å². The van der Waals surface area contributed by atoms with Gasteiger partial charge in [0.2, 0.25) is 11.8 Å². The number of benzene rings is 3. The van der Waals surface area contributed by atoms with Crippen molar-refractivity contribution in [3.8, 4) is 0 Å². The highest BCUT2D eigenvalue weighted by molar-refractivity contribution is 7.92. The van der Waals surface area contributed by atoms with Gasteiger partial charge in [0, 0.05) is 32.7 Å². The Morgan fingerprint density at radius 1 is 0.900 bits per heavy atom. The van der Waals surface area contributed by atoms with Crippen molar-refractivity contribution in [1.29, 1.82) is 0 Å². The van der Waals surface area contributed by atoms with Crippen molar-refractivity contribution in [2.45, 2.75) is 57.6 Å². The quantitative estimate of drug-likeness (QED) is 0.295. The summed E-state index contributed by atoms with van der Waals surface area (Å²) in [6, 6.07) is 16.4. The van der Waals surface area contributed by atoms with Gasteiger partial charge in [-0.1, -0.05) is 58.6 Å². The monoisotopic (exact) mass is 623 g/mol. The Hall–Kier alpha value is -2.78. The molecule has 0 aromatic heterocycles. The molecule has 1 atom stereocenters. The minimum Gasteiger partial charge on any atom is -0.350 e. The number of carbonyl (C=O) groups is 2. The van der Waals surface area contributed by atoms with Crippen molar-refractivity contribution in [1.82, 2.24) is 10.2 Å². The van der Waals surface area contributed by atoms with Crippen LogP contribution in [-0.4, -0.2) is 43.3 Å². The van der Waals surface area contributed by atoms with Gasteiger partial charge in [0.25, 0.3) is 10.0 Å². The van der Waals surface area contributed by atoms with Crippen LogP contribution in [0, 0.1) is 6.92 Å². The number of nitrogens with one attached hydrogen (secondary N) is 1. The maximum absolute atomic E-state index is 14.0. The first-order valence-corrected chi connectivity index (χ1v) is 15.1. The van der Waals surface area contributed by atoms with Crippen LogP contribution in [0.25, 0.3) is 0 Å². The molecule has 0 bridgehead atoms. The minimum atomic E-state index is -4.20. The van der Waals surface area contributed by atoms with Crippen LogP contribution >= 0.6 is 34.8 Å². The molecule has 3 rings (SSSR count). The van der Waals surface area contributed by atoms with Gasteiger partial charge in [0.15, 0.2) is 0 Å². The number of sulfonamides is 1. The molecular weight excluding hydrogens is 593 g/mol. The summed E-state index contributed by atoms with van der Waals surface area (Å²) in [6.07, 6.45) is 0. The molecule has 11 heteroatoms. The number of hydrogen-bond acceptors (Lipinski definition) is 4. The van der Waals surface area contributed by atoms with E-state index in [1.165, 1.54) is 29.2 Å². The number of aryl methyl sites for hydroxylation is 1. The Kier molecular flexibility index (Phi) is 10.2. The summed E-state index contributed by atoms with van der Waals surface area (Å²) >= 11 is 18.8. The Bertz CT molecular complexity index is 1450. The molecule has 0 saturated heterocycles. The Labute approximate surface area is 251 Å². The number of halogens is 3. The van der Waals surface area contributed by atoms with Crippen LogP contribution in [0.2, 0.25) is 15.1 Å². The van der Waals surface area contributed by atoms with Crippen LogP contribution in [0.4, 0.5) is 5.69 Å². The molecule has 3 aromatic carbocycles. The summed E-state index contributed by atoms with van der Waals surface area (Å²) in [6.45, 7) is 8.23. The molecular formula is C29H32Cl3N3O4S. The first-order valence-electron chi connectivity index (χ1n) is 12.5. The first kappa shape index (κ1) is 31.7. The van der Waals surface area contributed by atoms with Crippen LogP contribution in [0.1, 0.15) is 38.8 Å². The second-order valence-electron chi connectivity index (χ2n) is 10.4. The molecule has 3 aromatic rings. The van der Waals surface area contributed by atoms with E-state index in [1.54, 1.807) is 49.4 Å². The maximum atomic E-state index is 14.0. The van der Waals surface area contributed by atoms with E-state index in [4.69, 9.17) is 34.8 Å². The predicted octanol–water partition coefficient (Wildman–Crippen LogP) is 6.48. The average molecular weight is 625 g/mol. The Morgan fingerprint density at radius 3 is 1.98 bits per heavy atom. The fraction of sp³-hybridized carbons (Fsp3) is 0.310. The third-order valence-corrected chi connectivity index (χ3v) is 8.81. The van der Waals surface area contributed by atoms with Crippen molar-refractivity contribution in [3.63, 3.8) is 0 Å². The maximum Gasteiger partial charge on any atom is 0.264 e. The molecule has 214 valence electrons. The summed E-state index contributed by atoms with van der Waals surface area (Å²) in [5.41, 5.74) is 1.09. The number of amides is 2. The summed E-state index contributed by atoms with van der Waals surface area (Å²) in [4.78, 5) is 28.4. The second kappa shape index (κ2) is 12.8. The molecule has 0 aliphatic carbocycles. The van der Waals surface area contributed by atoms with Crippen molar-refractivity contribution in [3.05, 3.63) is 92.9 Å². The van der Waals surface area contributed by atoms with E-state index in [0.29, 0.717) is 20.6 Å². The molecule has 0 spiro atoms. The van der Waals surface area contributed by atoms with Gasteiger partial charge in [0.05, 0.1) is 10.6 Å². The number of rotatable bonds is 9. The lowest BCUT2D eigenvalue weighted by Gasteiger charge is -2.33. The van der Waals surface area contributed by atoms with Gasteiger partial charge in [0.1, 0.15) is 12.6 Å². The van der Waals surface area contributed by atoms with Gasteiger partial charge < -0.3 is 10.2 Å². The largest absolute Gasteiger partial charge is 0.350 e. The zero-order valence-electron chi connectivity index (χ0n) is 22.9. The summed E-state index contributed by atoms with van der Waals surface area (Å²) < 4.78 is 28.7. The fourth-order valence-electron chi connectivity index (χ4n) is 3.88. The molecule has 0 aliphatic heterocycles. The highest BCUT2D eigenvalue weighted by atomic mass is 35.5. The molecule has 2 amide bonds. The average Bonchev–Trinajstić information content (AvgIpc) is 2.86. The summed E-state index contributed by atoms with van der Waals surface area (Å²) in [5.74, 6) is -1.03. The normalized spacial score (nSPS) is 12.5. The van der Waals surface area contributed by atoms with E-state index in [9.17, 15) is 18.0 Å². The van der Waals surface area contributed by atoms with E-state index >= 15 is 0 Å². The third kappa shape index (κ3) is 7.91. The molecule has 1 unspecified atom stereocenters. The van der Waals surface area contributed by atoms with Gasteiger partial charge in [-0.3, -0.25) is 13.9 Å². The molecule has 0 aliphatic rings. The molecule has 7 nitrogen and oxygen atoms in total. The van der Waals surface area contributed by atoms with Gasteiger partial charge in [-0.15, -0.1) is 0 Å². The highest BCUT2D eigenvalue weighted by Gasteiger charge is 2.34. The van der Waals surface area contributed by atoms with Crippen LogP contribution in [0.3, 0.4) is 0 Å². The zero-order valence-corrected chi connectivity index (χ0v) is 26.0. The topological polar surface area (TPSA) is 86.8 Å². The van der Waals surface area contributed by atoms with Gasteiger partial charge >= 0.3 is 0 Å². The Morgan fingerprint density at radius 2 is 1.45 bits per heavy atom. The van der Waals surface area contributed by atoms with Crippen molar-refractivity contribution < 1.29 is 18.0 Å². The van der Waals surface area contributed by atoms with E-state index in [1.807, 2.05) is 27.7 Å². The van der Waals surface area contributed by atoms with Crippen LogP contribution in [0.5, 0.6) is 0 Å². The van der Waals surface area contributed by atoms with Gasteiger partial charge in [-0.25, -0.2) is 8.42 Å². The van der Waals surface area contributed by atoms with E-state index in [2.05, 4.69) is 5.32 Å². The first-order chi connectivity index (χ1) is 18.6. The lowest BCUT2D eigenvalue weighted by atomic mass is 10.1. The smallest absolute Gasteiger partial charge is 0.264 e. The Balaban J connectivity index is 2.07. The lowest BCUT2D eigenvalue weighted by molar-refractivity contribution is -0.140. The third-order valence-electron chi connectivity index (χ3n) is 6.06. The molecule has 0 saturated carbocycles. The molecule has 40 heavy (non-hydrogen) atoms. The summed E-state index contributed by atoms with van der Waals surface area (Å²) in [7, 11) is -4.20. The van der Waals surface area contributed by atoms with E-state index in [0.717, 1.165) is 9.87 Å². The standard InChI is InChI=1S/C29H32Cl3N3O4S/c1-19-9-13-22(14-10-19)35(40(38,39)23-15-11-21(30)12-16-23)18-27(36)34(20(2)28(37)33-29(3,4)5)17-24-25(31)7-6-8-26(24)32/h6-16,20H,17-18H2,1-5H3,(H,33,37). The van der Waals surface area contributed by atoms with E-state index < -0.39 is 40.0 Å². The van der Waals surface area contributed by atoms with Gasteiger partial charge in [-0.05, 0) is 83.1 Å². The van der Waals surface area contributed by atoms with Gasteiger partial charge in [-0.2, -0.15) is 0 Å². The number of hydrogen-bond donors (Lipinski definition) is 1. The number of nitrogens with zero attached hydrogens (tertiary/aromatic N) is 2. The molecule has 1 N–H and O–H groups in total. The van der Waals surface area contributed by atoms with Crippen LogP contribution in [0.15, 0.2) is 71.6 Å². The molecule has 0 heterocycles. The number of carbonyl (C=O) groups excluding carboxylic acids is 2. The van der Waals surface area contributed by atoms with Crippen LogP contribution < -0.4 is 9.62 Å². The second-order valence-corrected chi connectivity index (χ2v) is 13.6. The van der Waals surface area contributed by atoms with Crippen molar-refractivity contribution >= 4 is 62.3 Å².